The maximum atomic E-state index is 11.5. The fourth-order valence-corrected chi connectivity index (χ4v) is 1.69. The van der Waals surface area contributed by atoms with E-state index in [9.17, 15) is 14.9 Å². The molecule has 1 aromatic carbocycles. The maximum Gasteiger partial charge on any atom is 0.350 e. The molecule has 0 saturated heterocycles. The summed E-state index contributed by atoms with van der Waals surface area (Å²) in [5.41, 5.74) is 0.610. The summed E-state index contributed by atoms with van der Waals surface area (Å²) in [4.78, 5) is 21.2. The Morgan fingerprint density at radius 3 is 3.05 bits per heavy atom. The average Bonchev–Trinajstić information content (AvgIpc) is 2.44. The van der Waals surface area contributed by atoms with Crippen LogP contribution in [0.25, 0.3) is 6.08 Å². The van der Waals surface area contributed by atoms with Gasteiger partial charge < -0.3 is 14.2 Å². The number of carbonyl (C=O) groups excluding carboxylic acids is 1. The first-order valence-corrected chi connectivity index (χ1v) is 6.02. The minimum atomic E-state index is -0.789. The lowest BCUT2D eigenvalue weighted by atomic mass is 10.2. The fourth-order valence-electron chi connectivity index (χ4n) is 1.69. The highest BCUT2D eigenvalue weighted by molar-refractivity contribution is 5.76. The molecule has 0 fully saturated rings. The Hall–Kier alpha value is -2.57. The van der Waals surface area contributed by atoms with Crippen LogP contribution in [0.2, 0.25) is 0 Å². The van der Waals surface area contributed by atoms with Crippen molar-refractivity contribution in [2.24, 2.45) is 0 Å². The highest BCUT2D eigenvalue weighted by Crippen LogP contribution is 2.33. The van der Waals surface area contributed by atoms with Gasteiger partial charge in [-0.1, -0.05) is 6.07 Å². The molecular weight excluding hydrogens is 266 g/mol. The Bertz CT molecular complexity index is 554. The van der Waals surface area contributed by atoms with Gasteiger partial charge in [0.25, 0.3) is 0 Å². The first-order chi connectivity index (χ1) is 9.60. The van der Waals surface area contributed by atoms with Crippen LogP contribution in [0.5, 0.6) is 11.5 Å². The molecule has 0 spiro atoms. The summed E-state index contributed by atoms with van der Waals surface area (Å²) < 4.78 is 15.7. The third-order valence-corrected chi connectivity index (χ3v) is 2.57. The first kappa shape index (κ1) is 13.9. The van der Waals surface area contributed by atoms with Gasteiger partial charge in [-0.25, -0.2) is 4.79 Å². The number of nitrogens with zero attached hydrogens (tertiary/aromatic N) is 1. The van der Waals surface area contributed by atoms with Crippen molar-refractivity contribution in [1.82, 2.24) is 0 Å². The van der Waals surface area contributed by atoms with Crippen molar-refractivity contribution < 1.29 is 23.9 Å². The third-order valence-electron chi connectivity index (χ3n) is 2.57. The number of carbonyl (C=O) groups is 1. The molecular formula is C13H13NO6. The van der Waals surface area contributed by atoms with E-state index in [1.54, 1.807) is 25.1 Å². The van der Waals surface area contributed by atoms with Crippen molar-refractivity contribution in [2.45, 2.75) is 13.0 Å². The molecule has 1 aliphatic rings. The summed E-state index contributed by atoms with van der Waals surface area (Å²) in [5.74, 6) is 0.374. The van der Waals surface area contributed by atoms with Gasteiger partial charge in [-0.05, 0) is 24.6 Å². The standard InChI is InChI=1S/C13H13NO6/c1-2-18-13(15)12-8-19-11-7-9(5-6-14(16)17)3-4-10(11)20-12/h3-7,12H,2,8H2,1H3/b6-5+. The van der Waals surface area contributed by atoms with Crippen molar-refractivity contribution in [1.29, 1.82) is 0 Å². The molecule has 0 radical (unpaired) electrons. The van der Waals surface area contributed by atoms with E-state index in [0.29, 0.717) is 17.1 Å². The molecule has 106 valence electrons. The Balaban J connectivity index is 2.11. The Morgan fingerprint density at radius 2 is 2.35 bits per heavy atom. The van der Waals surface area contributed by atoms with Crippen molar-refractivity contribution >= 4 is 12.0 Å². The zero-order valence-electron chi connectivity index (χ0n) is 10.8. The van der Waals surface area contributed by atoms with Crippen LogP contribution in [0.1, 0.15) is 12.5 Å². The van der Waals surface area contributed by atoms with Crippen LogP contribution in [0.4, 0.5) is 0 Å². The van der Waals surface area contributed by atoms with E-state index in [2.05, 4.69) is 0 Å². The topological polar surface area (TPSA) is 87.9 Å². The Labute approximate surface area is 114 Å². The monoisotopic (exact) mass is 279 g/mol. The predicted molar refractivity (Wildman–Crippen MR) is 69.0 cm³/mol. The van der Waals surface area contributed by atoms with E-state index >= 15 is 0 Å². The largest absolute Gasteiger partial charge is 0.485 e. The third kappa shape index (κ3) is 3.25. The van der Waals surface area contributed by atoms with E-state index in [4.69, 9.17) is 14.2 Å². The highest BCUT2D eigenvalue weighted by Gasteiger charge is 2.28. The number of nitro groups is 1. The van der Waals surface area contributed by atoms with Gasteiger partial charge in [0.15, 0.2) is 11.5 Å². The van der Waals surface area contributed by atoms with Gasteiger partial charge in [0.05, 0.1) is 11.5 Å². The smallest absolute Gasteiger partial charge is 0.350 e. The van der Waals surface area contributed by atoms with Gasteiger partial charge in [-0.2, -0.15) is 0 Å². The summed E-state index contributed by atoms with van der Waals surface area (Å²) >= 11 is 0. The van der Waals surface area contributed by atoms with Gasteiger partial charge in [0, 0.05) is 6.08 Å². The van der Waals surface area contributed by atoms with Crippen LogP contribution in [0.15, 0.2) is 24.4 Å². The van der Waals surface area contributed by atoms with Crippen molar-refractivity contribution in [3.05, 3.63) is 40.1 Å². The van der Waals surface area contributed by atoms with Gasteiger partial charge >= 0.3 is 5.97 Å². The van der Waals surface area contributed by atoms with Gasteiger partial charge in [-0.3, -0.25) is 10.1 Å². The Kier molecular flexibility index (Phi) is 4.19. The second-order valence-electron chi connectivity index (χ2n) is 3.98. The van der Waals surface area contributed by atoms with Gasteiger partial charge in [0.1, 0.15) is 6.61 Å². The number of fused-ring (bicyclic) bond motifs is 1. The van der Waals surface area contributed by atoms with Crippen molar-refractivity contribution in [3.63, 3.8) is 0 Å². The minimum absolute atomic E-state index is 0.0498. The number of hydrogen-bond acceptors (Lipinski definition) is 6. The average molecular weight is 279 g/mol. The van der Waals surface area contributed by atoms with Crippen LogP contribution < -0.4 is 9.47 Å². The minimum Gasteiger partial charge on any atom is -0.485 e. The molecule has 1 heterocycles. The van der Waals surface area contributed by atoms with Gasteiger partial charge in [-0.15, -0.1) is 0 Å². The lowest BCUT2D eigenvalue weighted by Crippen LogP contribution is -2.37. The van der Waals surface area contributed by atoms with Crippen LogP contribution in [-0.4, -0.2) is 30.2 Å². The van der Waals surface area contributed by atoms with E-state index in [0.717, 1.165) is 6.20 Å². The zero-order valence-corrected chi connectivity index (χ0v) is 10.8. The van der Waals surface area contributed by atoms with Crippen LogP contribution in [-0.2, 0) is 9.53 Å². The number of esters is 1. The molecule has 0 aromatic heterocycles. The molecule has 7 nitrogen and oxygen atoms in total. The van der Waals surface area contributed by atoms with Gasteiger partial charge in [0.2, 0.25) is 12.3 Å². The Morgan fingerprint density at radius 1 is 1.55 bits per heavy atom. The maximum absolute atomic E-state index is 11.5. The molecule has 2 rings (SSSR count). The first-order valence-electron chi connectivity index (χ1n) is 6.02. The highest BCUT2D eigenvalue weighted by atomic mass is 16.6. The van der Waals surface area contributed by atoms with Crippen LogP contribution in [0.3, 0.4) is 0 Å². The molecule has 1 unspecified atom stereocenters. The van der Waals surface area contributed by atoms with E-state index in [1.807, 2.05) is 0 Å². The molecule has 0 aliphatic carbocycles. The molecule has 0 bridgehead atoms. The molecule has 0 N–H and O–H groups in total. The van der Waals surface area contributed by atoms with E-state index in [-0.39, 0.29) is 13.2 Å². The predicted octanol–water partition coefficient (Wildman–Crippen LogP) is 1.64. The lowest BCUT2D eigenvalue weighted by molar-refractivity contribution is -0.400. The number of benzene rings is 1. The van der Waals surface area contributed by atoms with E-state index < -0.39 is 17.0 Å². The number of rotatable bonds is 4. The summed E-state index contributed by atoms with van der Waals surface area (Å²) in [6, 6.07) is 4.84. The zero-order chi connectivity index (χ0) is 14.5. The van der Waals surface area contributed by atoms with Crippen molar-refractivity contribution in [3.8, 4) is 11.5 Å². The molecule has 1 atom stereocenters. The summed E-state index contributed by atoms with van der Waals surface area (Å²) in [5, 5.41) is 10.3. The second-order valence-corrected chi connectivity index (χ2v) is 3.98. The fraction of sp³-hybridized carbons (Fsp3) is 0.308. The quantitative estimate of drug-likeness (QED) is 0.473. The molecule has 1 aromatic rings. The van der Waals surface area contributed by atoms with E-state index in [1.165, 1.54) is 6.08 Å². The second kappa shape index (κ2) is 6.05. The summed E-state index contributed by atoms with van der Waals surface area (Å²) in [7, 11) is 0. The lowest BCUT2D eigenvalue weighted by Gasteiger charge is -2.25. The summed E-state index contributed by atoms with van der Waals surface area (Å²) in [6.07, 6.45) is 1.40. The summed E-state index contributed by atoms with van der Waals surface area (Å²) in [6.45, 7) is 2.04. The molecule has 0 saturated carbocycles. The van der Waals surface area contributed by atoms with Crippen molar-refractivity contribution in [2.75, 3.05) is 13.2 Å². The number of hydrogen-bond donors (Lipinski definition) is 0. The molecule has 7 heteroatoms. The van der Waals surface area contributed by atoms with Crippen LogP contribution >= 0.6 is 0 Å². The normalized spacial score (nSPS) is 16.9. The molecule has 20 heavy (non-hydrogen) atoms. The molecule has 0 amide bonds. The molecule has 1 aliphatic heterocycles. The number of ether oxygens (including phenoxy) is 3. The van der Waals surface area contributed by atoms with Crippen LogP contribution in [0, 0.1) is 10.1 Å². The SMILES string of the molecule is CCOC(=O)C1COc2cc(/C=C/[N+](=O)[O-])ccc2O1.